The van der Waals surface area contributed by atoms with Crippen molar-refractivity contribution >= 4 is 5.91 Å². The second-order valence-electron chi connectivity index (χ2n) is 6.84. The summed E-state index contributed by atoms with van der Waals surface area (Å²) in [6.07, 6.45) is 2.26. The lowest BCUT2D eigenvalue weighted by atomic mass is 9.94. The molecule has 0 spiro atoms. The number of benzene rings is 1. The van der Waals surface area contributed by atoms with Crippen molar-refractivity contribution in [1.82, 2.24) is 15.1 Å². The van der Waals surface area contributed by atoms with Gasteiger partial charge in [0.1, 0.15) is 0 Å². The Bertz CT molecular complexity index is 832. The summed E-state index contributed by atoms with van der Waals surface area (Å²) in [5.41, 5.74) is 3.00. The highest BCUT2D eigenvalue weighted by Gasteiger charge is 2.37. The van der Waals surface area contributed by atoms with Crippen LogP contribution in [0.1, 0.15) is 42.3 Å². The first-order chi connectivity index (χ1) is 12.5. The minimum Gasteiger partial charge on any atom is -0.454 e. The number of aryl methyl sites for hydroxylation is 1. The predicted octanol–water partition coefficient (Wildman–Crippen LogP) is 2.41. The molecule has 7 heteroatoms. The van der Waals surface area contributed by atoms with Gasteiger partial charge in [-0.05, 0) is 38.0 Å². The molecule has 2 aliphatic heterocycles. The molecule has 2 aliphatic rings. The number of carbonyl (C=O) groups is 1. The van der Waals surface area contributed by atoms with Crippen LogP contribution in [0, 0.1) is 12.8 Å². The van der Waals surface area contributed by atoms with Crippen molar-refractivity contribution in [1.29, 1.82) is 0 Å². The van der Waals surface area contributed by atoms with E-state index in [0.717, 1.165) is 28.3 Å². The van der Waals surface area contributed by atoms with Crippen molar-refractivity contribution in [3.8, 4) is 11.5 Å². The van der Waals surface area contributed by atoms with Crippen LogP contribution in [0.2, 0.25) is 0 Å². The maximum Gasteiger partial charge on any atom is 0.231 e. The summed E-state index contributed by atoms with van der Waals surface area (Å²) in [6, 6.07) is 5.61. The molecule has 2 aromatic rings. The summed E-state index contributed by atoms with van der Waals surface area (Å²) < 4.78 is 18.4. The Kier molecular flexibility index (Phi) is 4.32. The number of amides is 1. The van der Waals surface area contributed by atoms with E-state index in [0.29, 0.717) is 13.0 Å². The Morgan fingerprint density at radius 1 is 1.35 bits per heavy atom. The van der Waals surface area contributed by atoms with E-state index in [9.17, 15) is 4.79 Å². The monoisotopic (exact) mass is 357 g/mol. The number of nitrogens with one attached hydrogen (secondary N) is 1. The molecule has 1 N–H and O–H groups in total. The molecule has 3 atom stereocenters. The minimum absolute atomic E-state index is 0.000852. The first kappa shape index (κ1) is 16.9. The van der Waals surface area contributed by atoms with Gasteiger partial charge in [0.2, 0.25) is 12.7 Å². The summed E-state index contributed by atoms with van der Waals surface area (Å²) >= 11 is 0. The molecule has 3 heterocycles. The Morgan fingerprint density at radius 3 is 2.92 bits per heavy atom. The highest BCUT2D eigenvalue weighted by molar-refractivity contribution is 5.80. The van der Waals surface area contributed by atoms with Crippen molar-refractivity contribution in [3.05, 3.63) is 41.2 Å². The van der Waals surface area contributed by atoms with Gasteiger partial charge in [-0.1, -0.05) is 6.07 Å². The highest BCUT2D eigenvalue weighted by atomic mass is 16.7. The highest BCUT2D eigenvalue weighted by Crippen LogP contribution is 2.37. The van der Waals surface area contributed by atoms with E-state index in [-0.39, 0.29) is 30.8 Å². The van der Waals surface area contributed by atoms with Crippen LogP contribution in [-0.2, 0) is 16.6 Å². The van der Waals surface area contributed by atoms with Gasteiger partial charge in [0.25, 0.3) is 0 Å². The third kappa shape index (κ3) is 2.92. The van der Waals surface area contributed by atoms with E-state index in [2.05, 4.69) is 10.4 Å². The van der Waals surface area contributed by atoms with Crippen LogP contribution in [0.4, 0.5) is 0 Å². The van der Waals surface area contributed by atoms with Crippen molar-refractivity contribution in [2.45, 2.75) is 32.4 Å². The lowest BCUT2D eigenvalue weighted by Crippen LogP contribution is -2.34. The number of hydrogen-bond acceptors (Lipinski definition) is 5. The second kappa shape index (κ2) is 6.64. The van der Waals surface area contributed by atoms with E-state index >= 15 is 0 Å². The van der Waals surface area contributed by atoms with Crippen LogP contribution in [0.25, 0.3) is 0 Å². The standard InChI is InChI=1S/C19H23N3O4/c1-11(13-4-5-16-17(8-13)26-10-25-16)21-19(23)14-6-7-24-18(14)15-9-20-22(3)12(15)2/h4-5,8-9,11,14,18H,6-7,10H2,1-3H3,(H,21,23)/t11?,14-,18-/m0/s1. The van der Waals surface area contributed by atoms with Gasteiger partial charge in [-0.2, -0.15) is 5.10 Å². The third-order valence-corrected chi connectivity index (χ3v) is 5.26. The lowest BCUT2D eigenvalue weighted by molar-refractivity contribution is -0.127. The van der Waals surface area contributed by atoms with Gasteiger partial charge < -0.3 is 19.5 Å². The number of hydrogen-bond donors (Lipinski definition) is 1. The van der Waals surface area contributed by atoms with Gasteiger partial charge in [-0.15, -0.1) is 0 Å². The number of ether oxygens (including phenoxy) is 3. The summed E-state index contributed by atoms with van der Waals surface area (Å²) in [5, 5.41) is 7.39. The van der Waals surface area contributed by atoms with E-state index in [1.165, 1.54) is 0 Å². The topological polar surface area (TPSA) is 74.6 Å². The molecule has 1 fully saturated rings. The van der Waals surface area contributed by atoms with E-state index in [4.69, 9.17) is 14.2 Å². The number of rotatable bonds is 4. The summed E-state index contributed by atoms with van der Waals surface area (Å²) in [4.78, 5) is 12.9. The molecule has 4 rings (SSSR count). The molecule has 26 heavy (non-hydrogen) atoms. The van der Waals surface area contributed by atoms with Gasteiger partial charge in [-0.25, -0.2) is 0 Å². The summed E-state index contributed by atoms with van der Waals surface area (Å²) in [7, 11) is 1.89. The average molecular weight is 357 g/mol. The largest absolute Gasteiger partial charge is 0.454 e. The van der Waals surface area contributed by atoms with Crippen LogP contribution in [0.5, 0.6) is 11.5 Å². The van der Waals surface area contributed by atoms with Crippen LogP contribution >= 0.6 is 0 Å². The molecule has 1 aromatic heterocycles. The molecule has 1 amide bonds. The zero-order valence-electron chi connectivity index (χ0n) is 15.2. The first-order valence-corrected chi connectivity index (χ1v) is 8.84. The van der Waals surface area contributed by atoms with Crippen LogP contribution in [0.15, 0.2) is 24.4 Å². The molecule has 7 nitrogen and oxygen atoms in total. The van der Waals surface area contributed by atoms with Gasteiger partial charge in [0, 0.05) is 24.9 Å². The Hall–Kier alpha value is -2.54. The first-order valence-electron chi connectivity index (χ1n) is 8.84. The number of fused-ring (bicyclic) bond motifs is 1. The van der Waals surface area contributed by atoms with Crippen LogP contribution in [0.3, 0.4) is 0 Å². The van der Waals surface area contributed by atoms with Crippen molar-refractivity contribution < 1.29 is 19.0 Å². The Morgan fingerprint density at radius 2 is 2.15 bits per heavy atom. The second-order valence-corrected chi connectivity index (χ2v) is 6.84. The van der Waals surface area contributed by atoms with Crippen molar-refractivity contribution in [3.63, 3.8) is 0 Å². The van der Waals surface area contributed by atoms with Crippen molar-refractivity contribution in [2.75, 3.05) is 13.4 Å². The summed E-state index contributed by atoms with van der Waals surface area (Å²) in [5.74, 6) is 1.25. The maximum atomic E-state index is 12.9. The fraction of sp³-hybridized carbons (Fsp3) is 0.474. The number of aromatic nitrogens is 2. The van der Waals surface area contributed by atoms with E-state index in [1.54, 1.807) is 10.9 Å². The zero-order valence-corrected chi connectivity index (χ0v) is 15.2. The molecule has 138 valence electrons. The summed E-state index contributed by atoms with van der Waals surface area (Å²) in [6.45, 7) is 4.78. The van der Waals surface area contributed by atoms with Gasteiger partial charge in [-0.3, -0.25) is 9.48 Å². The molecular weight excluding hydrogens is 334 g/mol. The number of carbonyl (C=O) groups excluding carboxylic acids is 1. The third-order valence-electron chi connectivity index (χ3n) is 5.26. The Balaban J connectivity index is 1.47. The van der Waals surface area contributed by atoms with E-state index < -0.39 is 0 Å². The van der Waals surface area contributed by atoms with Gasteiger partial charge in [0.15, 0.2) is 11.5 Å². The fourth-order valence-electron chi connectivity index (χ4n) is 3.55. The Labute approximate surface area is 152 Å². The van der Waals surface area contributed by atoms with Crippen LogP contribution in [-0.4, -0.2) is 29.1 Å². The van der Waals surface area contributed by atoms with Gasteiger partial charge >= 0.3 is 0 Å². The molecule has 1 unspecified atom stereocenters. The van der Waals surface area contributed by atoms with E-state index in [1.807, 2.05) is 39.1 Å². The molecule has 0 aliphatic carbocycles. The van der Waals surface area contributed by atoms with Gasteiger partial charge in [0.05, 0.1) is 24.3 Å². The maximum absolute atomic E-state index is 12.9. The quantitative estimate of drug-likeness (QED) is 0.910. The predicted molar refractivity (Wildman–Crippen MR) is 93.9 cm³/mol. The van der Waals surface area contributed by atoms with Crippen molar-refractivity contribution in [2.24, 2.45) is 13.0 Å². The minimum atomic E-state index is -0.243. The number of nitrogens with zero attached hydrogens (tertiary/aromatic N) is 2. The fourth-order valence-corrected chi connectivity index (χ4v) is 3.55. The smallest absolute Gasteiger partial charge is 0.231 e. The zero-order chi connectivity index (χ0) is 18.3. The van der Waals surface area contributed by atoms with Crippen LogP contribution < -0.4 is 14.8 Å². The molecule has 0 saturated carbocycles. The SMILES string of the molecule is Cc1c([C@H]2OCC[C@@H]2C(=O)NC(C)c2ccc3c(c2)OCO3)cnn1C. The lowest BCUT2D eigenvalue weighted by Gasteiger charge is -2.21. The molecule has 1 aromatic carbocycles. The molecule has 0 radical (unpaired) electrons. The molecule has 1 saturated heterocycles. The molecule has 0 bridgehead atoms. The average Bonchev–Trinajstić information content (AvgIpc) is 3.35. The normalized spacial score (nSPS) is 22.4. The molecular formula is C19H23N3O4.